The summed E-state index contributed by atoms with van der Waals surface area (Å²) in [6.07, 6.45) is 6.98. The van der Waals surface area contributed by atoms with E-state index in [9.17, 15) is 4.79 Å². The standard InChI is InChI=1S/C14H19N3O/c1-17(9-10-3-2-6-15-8-10)14(18)12-7-11-4-5-13(12)16-11/h2-3,6,8,11-13,16H,4-5,7,9H2,1H3. The number of pyridine rings is 1. The zero-order valence-electron chi connectivity index (χ0n) is 10.7. The van der Waals surface area contributed by atoms with Crippen molar-refractivity contribution in [3.05, 3.63) is 30.1 Å². The molecule has 18 heavy (non-hydrogen) atoms. The molecule has 1 N–H and O–H groups in total. The molecule has 4 heteroatoms. The smallest absolute Gasteiger partial charge is 0.227 e. The van der Waals surface area contributed by atoms with Gasteiger partial charge in [0, 0.05) is 38.1 Å². The number of hydrogen-bond acceptors (Lipinski definition) is 3. The summed E-state index contributed by atoms with van der Waals surface area (Å²) in [5.41, 5.74) is 1.09. The van der Waals surface area contributed by atoms with Crippen molar-refractivity contribution < 1.29 is 4.79 Å². The van der Waals surface area contributed by atoms with Gasteiger partial charge in [0.25, 0.3) is 0 Å². The van der Waals surface area contributed by atoms with Gasteiger partial charge < -0.3 is 10.2 Å². The number of aromatic nitrogens is 1. The van der Waals surface area contributed by atoms with Crippen molar-refractivity contribution in [1.29, 1.82) is 0 Å². The third kappa shape index (κ3) is 2.12. The summed E-state index contributed by atoms with van der Waals surface area (Å²) in [5, 5.41) is 3.52. The first-order valence-electron chi connectivity index (χ1n) is 6.64. The van der Waals surface area contributed by atoms with Crippen molar-refractivity contribution in [2.75, 3.05) is 7.05 Å². The average Bonchev–Trinajstić information content (AvgIpc) is 3.01. The number of nitrogens with one attached hydrogen (secondary N) is 1. The summed E-state index contributed by atoms with van der Waals surface area (Å²) in [6, 6.07) is 4.91. The first kappa shape index (κ1) is 11.7. The van der Waals surface area contributed by atoms with Crippen LogP contribution in [0.15, 0.2) is 24.5 Å². The maximum absolute atomic E-state index is 12.4. The number of amides is 1. The highest BCUT2D eigenvalue weighted by molar-refractivity contribution is 5.80. The molecule has 1 amide bonds. The molecule has 2 bridgehead atoms. The Balaban J connectivity index is 1.62. The predicted molar refractivity (Wildman–Crippen MR) is 68.8 cm³/mol. The van der Waals surface area contributed by atoms with Crippen LogP contribution in [0.4, 0.5) is 0 Å². The number of carbonyl (C=O) groups is 1. The summed E-state index contributed by atoms with van der Waals surface area (Å²) >= 11 is 0. The van der Waals surface area contributed by atoms with Gasteiger partial charge in [0.05, 0.1) is 5.92 Å². The number of hydrogen-bond donors (Lipinski definition) is 1. The molecule has 3 unspecified atom stereocenters. The van der Waals surface area contributed by atoms with E-state index in [0.717, 1.165) is 18.4 Å². The lowest BCUT2D eigenvalue weighted by Gasteiger charge is -2.25. The number of rotatable bonds is 3. The Kier molecular flexibility index (Phi) is 3.04. The molecule has 3 heterocycles. The fraction of sp³-hybridized carbons (Fsp3) is 0.571. The van der Waals surface area contributed by atoms with Crippen LogP contribution in [0.5, 0.6) is 0 Å². The van der Waals surface area contributed by atoms with Crippen molar-refractivity contribution in [3.63, 3.8) is 0 Å². The van der Waals surface area contributed by atoms with Gasteiger partial charge in [-0.1, -0.05) is 6.07 Å². The summed E-state index contributed by atoms with van der Waals surface area (Å²) in [7, 11) is 1.89. The predicted octanol–water partition coefficient (Wildman–Crippen LogP) is 1.18. The van der Waals surface area contributed by atoms with Crippen LogP contribution in [0.25, 0.3) is 0 Å². The van der Waals surface area contributed by atoms with E-state index in [0.29, 0.717) is 18.6 Å². The van der Waals surface area contributed by atoms with Gasteiger partial charge in [0.1, 0.15) is 0 Å². The lowest BCUT2D eigenvalue weighted by Crippen LogP contribution is -2.38. The molecule has 3 rings (SSSR count). The molecule has 1 aromatic rings. The van der Waals surface area contributed by atoms with Gasteiger partial charge >= 0.3 is 0 Å². The van der Waals surface area contributed by atoms with E-state index in [-0.39, 0.29) is 11.8 Å². The normalized spacial score (nSPS) is 29.5. The van der Waals surface area contributed by atoms with Crippen molar-refractivity contribution in [2.45, 2.75) is 37.9 Å². The fourth-order valence-corrected chi connectivity index (χ4v) is 3.22. The van der Waals surface area contributed by atoms with Crippen LogP contribution in [0.3, 0.4) is 0 Å². The van der Waals surface area contributed by atoms with Gasteiger partial charge in [-0.3, -0.25) is 9.78 Å². The van der Waals surface area contributed by atoms with E-state index < -0.39 is 0 Å². The summed E-state index contributed by atoms with van der Waals surface area (Å²) in [6.45, 7) is 0.653. The van der Waals surface area contributed by atoms with Crippen LogP contribution in [0.2, 0.25) is 0 Å². The van der Waals surface area contributed by atoms with Crippen molar-refractivity contribution in [1.82, 2.24) is 15.2 Å². The van der Waals surface area contributed by atoms with E-state index in [1.54, 1.807) is 6.20 Å². The van der Waals surface area contributed by atoms with Gasteiger partial charge in [0.2, 0.25) is 5.91 Å². The SMILES string of the molecule is CN(Cc1cccnc1)C(=O)C1CC2CCC1N2. The van der Waals surface area contributed by atoms with Gasteiger partial charge in [0.15, 0.2) is 0 Å². The summed E-state index contributed by atoms with van der Waals surface area (Å²) in [5.74, 6) is 0.462. The minimum absolute atomic E-state index is 0.186. The number of nitrogens with zero attached hydrogens (tertiary/aromatic N) is 2. The van der Waals surface area contributed by atoms with Gasteiger partial charge in [-0.15, -0.1) is 0 Å². The quantitative estimate of drug-likeness (QED) is 0.869. The van der Waals surface area contributed by atoms with Crippen LogP contribution in [0, 0.1) is 5.92 Å². The first-order chi connectivity index (χ1) is 8.74. The highest BCUT2D eigenvalue weighted by Crippen LogP contribution is 2.34. The minimum Gasteiger partial charge on any atom is -0.341 e. The number of fused-ring (bicyclic) bond motifs is 2. The maximum Gasteiger partial charge on any atom is 0.227 e. The molecule has 1 aromatic heterocycles. The Bertz CT molecular complexity index is 434. The zero-order valence-corrected chi connectivity index (χ0v) is 10.7. The first-order valence-corrected chi connectivity index (χ1v) is 6.64. The fourth-order valence-electron chi connectivity index (χ4n) is 3.22. The van der Waals surface area contributed by atoms with Crippen molar-refractivity contribution >= 4 is 5.91 Å². The Morgan fingerprint density at radius 3 is 3.06 bits per heavy atom. The van der Waals surface area contributed by atoms with Crippen molar-refractivity contribution in [2.24, 2.45) is 5.92 Å². The summed E-state index contributed by atoms with van der Waals surface area (Å²) in [4.78, 5) is 18.3. The van der Waals surface area contributed by atoms with E-state index in [1.807, 2.05) is 30.3 Å². The molecule has 2 aliphatic heterocycles. The molecule has 0 saturated carbocycles. The molecule has 3 atom stereocenters. The lowest BCUT2D eigenvalue weighted by molar-refractivity contribution is -0.135. The van der Waals surface area contributed by atoms with E-state index in [1.165, 1.54) is 6.42 Å². The minimum atomic E-state index is 0.186. The van der Waals surface area contributed by atoms with Crippen LogP contribution in [0.1, 0.15) is 24.8 Å². The maximum atomic E-state index is 12.4. The van der Waals surface area contributed by atoms with Crippen LogP contribution in [-0.4, -0.2) is 34.9 Å². The number of carbonyl (C=O) groups excluding carboxylic acids is 1. The van der Waals surface area contributed by atoms with Gasteiger partial charge in [-0.2, -0.15) is 0 Å². The average molecular weight is 245 g/mol. The lowest BCUT2D eigenvalue weighted by atomic mass is 9.88. The largest absolute Gasteiger partial charge is 0.341 e. The van der Waals surface area contributed by atoms with Gasteiger partial charge in [-0.25, -0.2) is 0 Å². The molecule has 96 valence electrons. The van der Waals surface area contributed by atoms with Crippen molar-refractivity contribution in [3.8, 4) is 0 Å². The third-order valence-electron chi connectivity index (χ3n) is 4.14. The Morgan fingerprint density at radius 1 is 1.56 bits per heavy atom. The highest BCUT2D eigenvalue weighted by Gasteiger charge is 2.43. The van der Waals surface area contributed by atoms with Crippen LogP contribution >= 0.6 is 0 Å². The van der Waals surface area contributed by atoms with Crippen LogP contribution in [-0.2, 0) is 11.3 Å². The Labute approximate surface area is 107 Å². The second-order valence-corrected chi connectivity index (χ2v) is 5.45. The molecule has 0 aliphatic carbocycles. The topological polar surface area (TPSA) is 45.2 Å². The Hall–Kier alpha value is -1.42. The second-order valence-electron chi connectivity index (χ2n) is 5.45. The third-order valence-corrected chi connectivity index (χ3v) is 4.14. The van der Waals surface area contributed by atoms with E-state index in [2.05, 4.69) is 10.3 Å². The highest BCUT2D eigenvalue weighted by atomic mass is 16.2. The molecule has 2 aliphatic rings. The molecule has 2 fully saturated rings. The molecule has 0 radical (unpaired) electrons. The molecule has 0 spiro atoms. The van der Waals surface area contributed by atoms with Gasteiger partial charge in [-0.05, 0) is 30.9 Å². The van der Waals surface area contributed by atoms with E-state index >= 15 is 0 Å². The molecule has 4 nitrogen and oxygen atoms in total. The monoisotopic (exact) mass is 245 g/mol. The van der Waals surface area contributed by atoms with Crippen LogP contribution < -0.4 is 5.32 Å². The molecule has 0 aromatic carbocycles. The molecular formula is C14H19N3O. The second kappa shape index (κ2) is 4.69. The molecular weight excluding hydrogens is 226 g/mol. The zero-order chi connectivity index (χ0) is 12.5. The Morgan fingerprint density at radius 2 is 2.44 bits per heavy atom. The van der Waals surface area contributed by atoms with E-state index in [4.69, 9.17) is 0 Å². The molecule has 2 saturated heterocycles. The summed E-state index contributed by atoms with van der Waals surface area (Å²) < 4.78 is 0.